The second kappa shape index (κ2) is 6.64. The molecule has 0 aliphatic heterocycles. The molecular weight excluding hydrogens is 431 g/mol. The zero-order valence-corrected chi connectivity index (χ0v) is 16.4. The zero-order chi connectivity index (χ0) is 19.2. The van der Waals surface area contributed by atoms with Crippen LogP contribution in [0.15, 0.2) is 41.4 Å². The van der Waals surface area contributed by atoms with E-state index in [1.165, 1.54) is 6.07 Å². The van der Waals surface area contributed by atoms with Gasteiger partial charge in [0.25, 0.3) is 10.0 Å². The molecule has 1 aromatic carbocycles. The highest BCUT2D eigenvalue weighted by Crippen LogP contribution is 2.35. The number of halogens is 2. The molecule has 3 heterocycles. The number of aromatic nitrogens is 4. The van der Waals surface area contributed by atoms with Gasteiger partial charge in [-0.15, -0.1) is 11.3 Å². The molecule has 0 saturated carbocycles. The summed E-state index contributed by atoms with van der Waals surface area (Å²) in [5, 5.41) is 6.60. The Bertz CT molecular complexity index is 1250. The summed E-state index contributed by atoms with van der Waals surface area (Å²) in [5.74, 6) is 0.348. The fraction of sp³-hybridized carbons (Fsp3) is 0. The normalized spacial score (nSPS) is 11.8. The number of nitrogens with two attached hydrogens (primary N) is 1. The van der Waals surface area contributed by atoms with Crippen molar-refractivity contribution in [2.45, 2.75) is 4.90 Å². The summed E-state index contributed by atoms with van der Waals surface area (Å²) in [7, 11) is -3.84. The predicted octanol–water partition coefficient (Wildman–Crippen LogP) is 3.77. The summed E-state index contributed by atoms with van der Waals surface area (Å²) >= 11 is 12.7. The molecule has 0 aliphatic carbocycles. The molecule has 0 fully saturated rings. The molecule has 0 radical (unpaired) electrons. The standard InChI is InChI=1S/C15H10Cl2N6O2S2/c16-11-5-10(13(17)26-11)27(24,25)23-8-3-1-7(2-4-8)9-6-19-12-14(18)21-22-15(12)20-9/h1-6,23H,(H3,18,20,21,22). The van der Waals surface area contributed by atoms with Crippen LogP contribution < -0.4 is 10.5 Å². The van der Waals surface area contributed by atoms with Crippen molar-refractivity contribution in [2.75, 3.05) is 10.5 Å². The summed E-state index contributed by atoms with van der Waals surface area (Å²) in [6.07, 6.45) is 1.57. The maximum Gasteiger partial charge on any atom is 0.264 e. The number of sulfonamides is 1. The predicted molar refractivity (Wildman–Crippen MR) is 107 cm³/mol. The molecule has 27 heavy (non-hydrogen) atoms. The molecule has 0 unspecified atom stereocenters. The Kier molecular flexibility index (Phi) is 4.42. The number of anilines is 2. The number of rotatable bonds is 4. The Morgan fingerprint density at radius 1 is 1.19 bits per heavy atom. The molecule has 0 spiro atoms. The number of nitrogen functional groups attached to an aromatic ring is 1. The minimum absolute atomic E-state index is 0.0596. The largest absolute Gasteiger partial charge is 0.382 e. The lowest BCUT2D eigenvalue weighted by atomic mass is 10.1. The lowest BCUT2D eigenvalue weighted by molar-refractivity contribution is 0.601. The SMILES string of the molecule is Nc1[nH]nc2nc(-c3ccc(NS(=O)(=O)c4cc(Cl)sc4Cl)cc3)cnc12. The molecule has 8 nitrogen and oxygen atoms in total. The molecule has 4 N–H and O–H groups in total. The van der Waals surface area contributed by atoms with E-state index in [-0.39, 0.29) is 9.23 Å². The van der Waals surface area contributed by atoms with Gasteiger partial charge in [0.15, 0.2) is 5.52 Å². The van der Waals surface area contributed by atoms with Crippen molar-refractivity contribution in [3.63, 3.8) is 0 Å². The van der Waals surface area contributed by atoms with Gasteiger partial charge in [0, 0.05) is 11.3 Å². The fourth-order valence-corrected chi connectivity index (χ4v) is 5.59. The van der Waals surface area contributed by atoms with Crippen LogP contribution in [0.4, 0.5) is 11.5 Å². The molecule has 4 rings (SSSR count). The number of hydrogen-bond acceptors (Lipinski definition) is 7. The van der Waals surface area contributed by atoms with E-state index < -0.39 is 10.0 Å². The van der Waals surface area contributed by atoms with Crippen LogP contribution in [0.5, 0.6) is 0 Å². The molecule has 4 aromatic rings. The average molecular weight is 441 g/mol. The summed E-state index contributed by atoms with van der Waals surface area (Å²) in [6.45, 7) is 0. The average Bonchev–Trinajstić information content (AvgIpc) is 3.17. The maximum absolute atomic E-state index is 12.4. The molecule has 0 atom stereocenters. The van der Waals surface area contributed by atoms with Crippen LogP contribution >= 0.6 is 34.5 Å². The first kappa shape index (κ1) is 18.0. The van der Waals surface area contributed by atoms with Crippen LogP contribution in [0.2, 0.25) is 8.67 Å². The molecule has 12 heteroatoms. The maximum atomic E-state index is 12.4. The van der Waals surface area contributed by atoms with Gasteiger partial charge < -0.3 is 5.73 Å². The first-order chi connectivity index (χ1) is 12.8. The highest BCUT2D eigenvalue weighted by molar-refractivity contribution is 7.93. The molecular formula is C15H10Cl2N6O2S2. The molecule has 0 aliphatic rings. The lowest BCUT2D eigenvalue weighted by Crippen LogP contribution is -2.12. The van der Waals surface area contributed by atoms with Crippen LogP contribution in [0.25, 0.3) is 22.4 Å². The van der Waals surface area contributed by atoms with E-state index in [0.717, 1.165) is 16.9 Å². The topological polar surface area (TPSA) is 127 Å². The first-order valence-corrected chi connectivity index (χ1v) is 10.4. The van der Waals surface area contributed by atoms with Gasteiger partial charge in [-0.1, -0.05) is 35.3 Å². The Balaban J connectivity index is 1.60. The molecule has 0 amide bonds. The molecule has 138 valence electrons. The third-order valence-electron chi connectivity index (χ3n) is 3.64. The van der Waals surface area contributed by atoms with Gasteiger partial charge in [0.05, 0.1) is 16.2 Å². The van der Waals surface area contributed by atoms with E-state index in [9.17, 15) is 8.42 Å². The van der Waals surface area contributed by atoms with Crippen LogP contribution in [0, 0.1) is 0 Å². The van der Waals surface area contributed by atoms with E-state index in [0.29, 0.717) is 32.7 Å². The van der Waals surface area contributed by atoms with Crippen LogP contribution in [-0.4, -0.2) is 28.6 Å². The first-order valence-electron chi connectivity index (χ1n) is 7.38. The van der Waals surface area contributed by atoms with E-state index in [2.05, 4.69) is 24.9 Å². The summed E-state index contributed by atoms with van der Waals surface area (Å²) < 4.78 is 27.8. The summed E-state index contributed by atoms with van der Waals surface area (Å²) in [5.41, 5.74) is 8.29. The van der Waals surface area contributed by atoms with Gasteiger partial charge in [-0.3, -0.25) is 9.82 Å². The smallest absolute Gasteiger partial charge is 0.264 e. The zero-order valence-electron chi connectivity index (χ0n) is 13.3. The lowest BCUT2D eigenvalue weighted by Gasteiger charge is -2.08. The number of fused-ring (bicyclic) bond motifs is 1. The highest BCUT2D eigenvalue weighted by atomic mass is 35.5. The number of H-pyrrole nitrogens is 1. The van der Waals surface area contributed by atoms with Gasteiger partial charge in [0.2, 0.25) is 5.65 Å². The quantitative estimate of drug-likeness (QED) is 0.443. The number of thiophene rings is 1. The van der Waals surface area contributed by atoms with E-state index in [1.54, 1.807) is 30.5 Å². The van der Waals surface area contributed by atoms with Crippen molar-refractivity contribution in [3.8, 4) is 11.3 Å². The van der Waals surface area contributed by atoms with Crippen LogP contribution in [0.3, 0.4) is 0 Å². The minimum atomic E-state index is -3.84. The summed E-state index contributed by atoms with van der Waals surface area (Å²) in [6, 6.07) is 7.96. The van der Waals surface area contributed by atoms with Gasteiger partial charge in [0.1, 0.15) is 15.0 Å². The van der Waals surface area contributed by atoms with E-state index in [1.807, 2.05) is 0 Å². The Labute approximate surface area is 167 Å². The number of hydrogen-bond donors (Lipinski definition) is 3. The monoisotopic (exact) mass is 440 g/mol. The second-order valence-electron chi connectivity index (χ2n) is 5.44. The van der Waals surface area contributed by atoms with Crippen molar-refractivity contribution in [3.05, 3.63) is 45.2 Å². The van der Waals surface area contributed by atoms with Crippen LogP contribution in [0.1, 0.15) is 0 Å². The van der Waals surface area contributed by atoms with Crippen molar-refractivity contribution in [1.82, 2.24) is 20.2 Å². The van der Waals surface area contributed by atoms with E-state index >= 15 is 0 Å². The third kappa shape index (κ3) is 3.44. The number of nitrogens with zero attached hydrogens (tertiary/aromatic N) is 3. The number of nitrogens with one attached hydrogen (secondary N) is 2. The van der Waals surface area contributed by atoms with Gasteiger partial charge in [-0.05, 0) is 18.2 Å². The van der Waals surface area contributed by atoms with Gasteiger partial charge in [-0.2, -0.15) is 5.10 Å². The minimum Gasteiger partial charge on any atom is -0.382 e. The highest BCUT2D eigenvalue weighted by Gasteiger charge is 2.21. The van der Waals surface area contributed by atoms with Crippen molar-refractivity contribution >= 4 is 67.2 Å². The molecule has 0 bridgehead atoms. The Hall–Kier alpha value is -2.40. The van der Waals surface area contributed by atoms with Crippen molar-refractivity contribution in [2.24, 2.45) is 0 Å². The third-order valence-corrected chi connectivity index (χ3v) is 6.77. The second-order valence-corrected chi connectivity index (χ2v) is 9.37. The fourth-order valence-electron chi connectivity index (χ4n) is 2.38. The molecule has 0 saturated heterocycles. The number of benzene rings is 1. The Morgan fingerprint density at radius 3 is 2.59 bits per heavy atom. The van der Waals surface area contributed by atoms with Crippen molar-refractivity contribution in [1.29, 1.82) is 0 Å². The van der Waals surface area contributed by atoms with E-state index in [4.69, 9.17) is 28.9 Å². The van der Waals surface area contributed by atoms with Gasteiger partial charge >= 0.3 is 0 Å². The number of aromatic amines is 1. The van der Waals surface area contributed by atoms with Crippen LogP contribution in [-0.2, 0) is 10.0 Å². The summed E-state index contributed by atoms with van der Waals surface area (Å²) in [4.78, 5) is 8.55. The van der Waals surface area contributed by atoms with Crippen molar-refractivity contribution < 1.29 is 8.42 Å². The molecule has 3 aromatic heterocycles. The Morgan fingerprint density at radius 2 is 1.93 bits per heavy atom. The van der Waals surface area contributed by atoms with Gasteiger partial charge in [-0.25, -0.2) is 18.4 Å².